The highest BCUT2D eigenvalue weighted by molar-refractivity contribution is 5.99. The van der Waals surface area contributed by atoms with Crippen LogP contribution in [0.4, 0.5) is 0 Å². The molecular weight excluding hydrogens is 242 g/mol. The van der Waals surface area contributed by atoms with E-state index in [0.29, 0.717) is 36.5 Å². The Balaban J connectivity index is 1.94. The Morgan fingerprint density at radius 2 is 2.21 bits per heavy atom. The maximum absolute atomic E-state index is 11.8. The van der Waals surface area contributed by atoms with Crippen molar-refractivity contribution in [3.05, 3.63) is 47.3 Å². The van der Waals surface area contributed by atoms with Crippen LogP contribution in [0.2, 0.25) is 0 Å². The number of carbonyl (C=O) groups is 1. The van der Waals surface area contributed by atoms with Gasteiger partial charge in [-0.05, 0) is 17.7 Å². The Morgan fingerprint density at radius 1 is 1.37 bits per heavy atom. The van der Waals surface area contributed by atoms with Crippen molar-refractivity contribution in [2.75, 3.05) is 6.61 Å². The third-order valence-corrected chi connectivity index (χ3v) is 3.36. The molecule has 0 amide bonds. The van der Waals surface area contributed by atoms with Crippen LogP contribution in [0.3, 0.4) is 0 Å². The number of nitrogens with one attached hydrogen (secondary N) is 1. The molecule has 0 unspecified atom stereocenters. The van der Waals surface area contributed by atoms with E-state index in [1.165, 1.54) is 0 Å². The summed E-state index contributed by atoms with van der Waals surface area (Å²) in [5.74, 6) is 0.802. The van der Waals surface area contributed by atoms with Crippen molar-refractivity contribution in [2.45, 2.75) is 13.0 Å². The second-order valence-electron chi connectivity index (χ2n) is 4.71. The van der Waals surface area contributed by atoms with Gasteiger partial charge in [-0.1, -0.05) is 6.07 Å². The maximum Gasteiger partial charge on any atom is 0.202 e. The molecule has 0 saturated carbocycles. The number of ketones is 1. The fourth-order valence-electron chi connectivity index (χ4n) is 2.26. The number of carbonyl (C=O) groups excluding carboxylic acids is 1. The van der Waals surface area contributed by atoms with E-state index in [9.17, 15) is 4.79 Å². The topological polar surface area (TPSA) is 60.0 Å². The third kappa shape index (κ3) is 2.07. The summed E-state index contributed by atoms with van der Waals surface area (Å²) in [5, 5.41) is 7.89. The van der Waals surface area contributed by atoms with Crippen molar-refractivity contribution < 1.29 is 9.53 Å². The first-order chi connectivity index (χ1) is 9.15. The summed E-state index contributed by atoms with van der Waals surface area (Å²) in [5.41, 5.74) is 2.09. The van der Waals surface area contributed by atoms with Gasteiger partial charge >= 0.3 is 0 Å². The number of hydrogen-bond acceptors (Lipinski definition) is 3. The maximum atomic E-state index is 11.8. The predicted octanol–water partition coefficient (Wildman–Crippen LogP) is 1.32. The molecule has 1 aliphatic heterocycles. The Bertz CT molecular complexity index is 697. The van der Waals surface area contributed by atoms with Gasteiger partial charge < -0.3 is 13.9 Å². The average Bonchev–Trinajstić information content (AvgIpc) is 2.72. The van der Waals surface area contributed by atoms with E-state index < -0.39 is 0 Å². The molecule has 0 bridgehead atoms. The van der Waals surface area contributed by atoms with E-state index in [4.69, 9.17) is 10.1 Å². The zero-order chi connectivity index (χ0) is 13.4. The van der Waals surface area contributed by atoms with Crippen molar-refractivity contribution in [2.24, 2.45) is 7.05 Å². The van der Waals surface area contributed by atoms with Gasteiger partial charge in [0.25, 0.3) is 0 Å². The highest BCUT2D eigenvalue weighted by Gasteiger charge is 2.18. The monoisotopic (exact) mass is 257 g/mol. The lowest BCUT2D eigenvalue weighted by molar-refractivity contribution is 0.0933. The smallest absolute Gasteiger partial charge is 0.202 e. The molecular formula is C14H15N3O2. The first-order valence-corrected chi connectivity index (χ1v) is 6.20. The van der Waals surface area contributed by atoms with Crippen molar-refractivity contribution in [3.63, 3.8) is 0 Å². The number of benzene rings is 1. The lowest BCUT2D eigenvalue weighted by Gasteiger charge is -2.17. The van der Waals surface area contributed by atoms with Crippen LogP contribution in [0.5, 0.6) is 5.75 Å². The van der Waals surface area contributed by atoms with Gasteiger partial charge in [-0.3, -0.25) is 10.2 Å². The first-order valence-electron chi connectivity index (χ1n) is 6.20. The zero-order valence-corrected chi connectivity index (χ0v) is 10.7. The molecule has 1 aromatic heterocycles. The lowest BCUT2D eigenvalue weighted by Crippen LogP contribution is -2.23. The lowest BCUT2D eigenvalue weighted by atomic mass is 10.0. The number of ether oxygens (including phenoxy) is 1. The summed E-state index contributed by atoms with van der Waals surface area (Å²) >= 11 is 0. The van der Waals surface area contributed by atoms with Gasteiger partial charge in [-0.25, -0.2) is 0 Å². The summed E-state index contributed by atoms with van der Waals surface area (Å²) in [7, 11) is 1.84. The summed E-state index contributed by atoms with van der Waals surface area (Å²) in [6, 6.07) is 5.65. The summed E-state index contributed by atoms with van der Waals surface area (Å²) in [6.45, 7) is 1.05. The molecule has 0 atom stereocenters. The second-order valence-corrected chi connectivity index (χ2v) is 4.71. The molecule has 3 rings (SSSR count). The molecule has 0 aliphatic carbocycles. The molecule has 2 heterocycles. The first kappa shape index (κ1) is 11.8. The third-order valence-electron chi connectivity index (χ3n) is 3.36. The SMILES string of the molecule is Cn1ccn(Cc2ccc3c(c2)C(=O)CCO3)c1=N. The molecule has 5 nitrogen and oxygen atoms in total. The molecule has 0 radical (unpaired) electrons. The number of fused-ring (bicyclic) bond motifs is 1. The van der Waals surface area contributed by atoms with Gasteiger partial charge in [-0.2, -0.15) is 0 Å². The Kier molecular flexibility index (Phi) is 2.74. The van der Waals surface area contributed by atoms with Gasteiger partial charge in [0.05, 0.1) is 18.7 Å². The standard InChI is InChI=1S/C14H15N3O2/c1-16-5-6-17(14(16)15)9-10-2-3-13-11(8-10)12(18)4-7-19-13/h2-3,5-6,8,15H,4,7,9H2,1H3. The minimum atomic E-state index is 0.132. The van der Waals surface area contributed by atoms with Crippen LogP contribution in [0, 0.1) is 5.41 Å². The number of Topliss-reactive ketones (excluding diaryl/α,β-unsaturated/α-hetero) is 1. The second kappa shape index (κ2) is 4.42. The van der Waals surface area contributed by atoms with Gasteiger partial charge in [0.15, 0.2) is 5.78 Å². The van der Waals surface area contributed by atoms with Crippen LogP contribution in [-0.4, -0.2) is 21.5 Å². The average molecular weight is 257 g/mol. The van der Waals surface area contributed by atoms with Crippen LogP contribution < -0.4 is 10.4 Å². The molecule has 1 aromatic carbocycles. The van der Waals surface area contributed by atoms with Gasteiger partial charge in [0, 0.05) is 25.9 Å². The minimum Gasteiger partial charge on any atom is -0.492 e. The largest absolute Gasteiger partial charge is 0.492 e. The molecule has 98 valence electrons. The quantitative estimate of drug-likeness (QED) is 0.882. The number of hydrogen-bond donors (Lipinski definition) is 1. The Morgan fingerprint density at radius 3 is 2.95 bits per heavy atom. The van der Waals surface area contributed by atoms with Crippen LogP contribution in [-0.2, 0) is 13.6 Å². The van der Waals surface area contributed by atoms with Crippen molar-refractivity contribution in [1.82, 2.24) is 9.13 Å². The highest BCUT2D eigenvalue weighted by atomic mass is 16.5. The molecule has 0 fully saturated rings. The van der Waals surface area contributed by atoms with Gasteiger partial charge in [0.2, 0.25) is 5.62 Å². The van der Waals surface area contributed by atoms with E-state index in [0.717, 1.165) is 5.56 Å². The van der Waals surface area contributed by atoms with E-state index in [1.54, 1.807) is 4.57 Å². The molecule has 5 heteroatoms. The van der Waals surface area contributed by atoms with E-state index >= 15 is 0 Å². The minimum absolute atomic E-state index is 0.132. The number of imidazole rings is 1. The van der Waals surface area contributed by atoms with Gasteiger partial charge in [0.1, 0.15) is 5.75 Å². The highest BCUT2D eigenvalue weighted by Crippen LogP contribution is 2.25. The number of aromatic nitrogens is 2. The van der Waals surface area contributed by atoms with Crippen molar-refractivity contribution in [1.29, 1.82) is 5.41 Å². The van der Waals surface area contributed by atoms with Crippen LogP contribution in [0.15, 0.2) is 30.6 Å². The number of rotatable bonds is 2. The van der Waals surface area contributed by atoms with Crippen molar-refractivity contribution in [3.8, 4) is 5.75 Å². The predicted molar refractivity (Wildman–Crippen MR) is 69.2 cm³/mol. The zero-order valence-electron chi connectivity index (χ0n) is 10.7. The van der Waals surface area contributed by atoms with Crippen molar-refractivity contribution >= 4 is 5.78 Å². The fourth-order valence-corrected chi connectivity index (χ4v) is 2.26. The van der Waals surface area contributed by atoms with E-state index in [-0.39, 0.29) is 5.78 Å². The molecule has 1 N–H and O–H groups in total. The number of nitrogens with zero attached hydrogens (tertiary/aromatic N) is 2. The molecule has 1 aliphatic rings. The Labute approximate surface area is 110 Å². The van der Waals surface area contributed by atoms with Crippen LogP contribution in [0.1, 0.15) is 22.3 Å². The summed E-state index contributed by atoms with van der Waals surface area (Å²) < 4.78 is 9.03. The summed E-state index contributed by atoms with van der Waals surface area (Å²) in [6.07, 6.45) is 4.15. The number of aryl methyl sites for hydroxylation is 1. The molecule has 2 aromatic rings. The van der Waals surface area contributed by atoms with Crippen LogP contribution >= 0.6 is 0 Å². The summed E-state index contributed by atoms with van der Waals surface area (Å²) in [4.78, 5) is 11.8. The fraction of sp³-hybridized carbons (Fsp3) is 0.286. The van der Waals surface area contributed by atoms with Gasteiger partial charge in [-0.15, -0.1) is 0 Å². The van der Waals surface area contributed by atoms with E-state index in [2.05, 4.69) is 0 Å². The van der Waals surface area contributed by atoms with Crippen LogP contribution in [0.25, 0.3) is 0 Å². The molecule has 19 heavy (non-hydrogen) atoms. The van der Waals surface area contributed by atoms with E-state index in [1.807, 2.05) is 42.2 Å². The molecule has 0 saturated heterocycles. The Hall–Kier alpha value is -2.30. The normalized spacial score (nSPS) is 14.1. The molecule has 0 spiro atoms.